The van der Waals surface area contributed by atoms with Crippen LogP contribution in [0.25, 0.3) is 10.9 Å². The lowest BCUT2D eigenvalue weighted by atomic mass is 10.0. The first-order valence-electron chi connectivity index (χ1n) is 9.79. The van der Waals surface area contributed by atoms with Gasteiger partial charge in [0.15, 0.2) is 0 Å². The van der Waals surface area contributed by atoms with Crippen molar-refractivity contribution in [2.75, 3.05) is 0 Å². The molecule has 1 aliphatic carbocycles. The Hall–Kier alpha value is -2.89. The smallest absolute Gasteiger partial charge is 0.276 e. The molecule has 1 aromatic carbocycles. The van der Waals surface area contributed by atoms with Gasteiger partial charge in [0.25, 0.3) is 5.56 Å². The Morgan fingerprint density at radius 3 is 2.68 bits per heavy atom. The first kappa shape index (κ1) is 18.5. The summed E-state index contributed by atoms with van der Waals surface area (Å²) in [5.74, 6) is -0.222. The zero-order valence-electron chi connectivity index (χ0n) is 16.8. The van der Waals surface area contributed by atoms with Crippen molar-refractivity contribution in [3.8, 4) is 0 Å². The molecule has 3 aromatic rings. The van der Waals surface area contributed by atoms with Crippen molar-refractivity contribution in [1.82, 2.24) is 19.7 Å². The largest absolute Gasteiger partial charge is 0.348 e. The number of carbonyl (C=O) groups excluding carboxylic acids is 1. The summed E-state index contributed by atoms with van der Waals surface area (Å²) in [5, 5.41) is 7.91. The van der Waals surface area contributed by atoms with Gasteiger partial charge in [-0.2, -0.15) is 5.10 Å². The fourth-order valence-electron chi connectivity index (χ4n) is 3.97. The van der Waals surface area contributed by atoms with Crippen molar-refractivity contribution < 1.29 is 4.79 Å². The summed E-state index contributed by atoms with van der Waals surface area (Å²) in [5.41, 5.74) is 5.01. The molecule has 0 aliphatic heterocycles. The van der Waals surface area contributed by atoms with Crippen molar-refractivity contribution in [2.45, 2.75) is 59.2 Å². The average Bonchev–Trinajstić information content (AvgIpc) is 3.41. The number of nitrogens with zero attached hydrogens (tertiary/aromatic N) is 3. The molecule has 1 atom stereocenters. The number of nitrogens with one attached hydrogen (secondary N) is 1. The summed E-state index contributed by atoms with van der Waals surface area (Å²) in [7, 11) is 0. The molecule has 1 aliphatic rings. The van der Waals surface area contributed by atoms with Crippen LogP contribution in [0.15, 0.2) is 35.4 Å². The highest BCUT2D eigenvalue weighted by Gasteiger charge is 2.26. The predicted molar refractivity (Wildman–Crippen MR) is 109 cm³/mol. The van der Waals surface area contributed by atoms with Crippen molar-refractivity contribution in [1.29, 1.82) is 0 Å². The third-order valence-corrected chi connectivity index (χ3v) is 5.53. The molecule has 1 amide bonds. The number of benzene rings is 1. The van der Waals surface area contributed by atoms with Crippen LogP contribution in [-0.2, 0) is 11.3 Å². The molecule has 6 heteroatoms. The second-order valence-electron chi connectivity index (χ2n) is 7.97. The first-order valence-corrected chi connectivity index (χ1v) is 9.79. The lowest BCUT2D eigenvalue weighted by molar-refractivity contribution is -0.122. The van der Waals surface area contributed by atoms with E-state index in [1.165, 1.54) is 10.2 Å². The van der Waals surface area contributed by atoms with Gasteiger partial charge >= 0.3 is 0 Å². The molecule has 0 saturated heterocycles. The highest BCUT2D eigenvalue weighted by atomic mass is 16.2. The highest BCUT2D eigenvalue weighted by molar-refractivity contribution is 5.83. The third kappa shape index (κ3) is 3.35. The lowest BCUT2D eigenvalue weighted by Gasteiger charge is -2.17. The Kier molecular flexibility index (Phi) is 4.57. The molecule has 6 nitrogen and oxygen atoms in total. The van der Waals surface area contributed by atoms with Gasteiger partial charge in [0.05, 0.1) is 23.1 Å². The molecular weight excluding hydrogens is 352 g/mol. The quantitative estimate of drug-likeness (QED) is 0.740. The SMILES string of the molecule is Cc1ccc(C(C)NC(=O)Cn2ncc3c(c(C)cn3C3CC3)c2=O)c(C)c1. The van der Waals surface area contributed by atoms with Crippen LogP contribution in [0, 0.1) is 20.8 Å². The molecule has 1 unspecified atom stereocenters. The van der Waals surface area contributed by atoms with Gasteiger partial charge in [-0.25, -0.2) is 4.68 Å². The Morgan fingerprint density at radius 2 is 2.00 bits per heavy atom. The fraction of sp³-hybridized carbons (Fsp3) is 0.409. The monoisotopic (exact) mass is 378 g/mol. The fourth-order valence-corrected chi connectivity index (χ4v) is 3.97. The van der Waals surface area contributed by atoms with Crippen LogP contribution < -0.4 is 10.9 Å². The number of amides is 1. The summed E-state index contributed by atoms with van der Waals surface area (Å²) < 4.78 is 3.41. The van der Waals surface area contributed by atoms with Crippen LogP contribution in [0.5, 0.6) is 0 Å². The summed E-state index contributed by atoms with van der Waals surface area (Å²) in [6.07, 6.45) is 6.02. The Labute approximate surface area is 164 Å². The Morgan fingerprint density at radius 1 is 1.25 bits per heavy atom. The maximum Gasteiger partial charge on any atom is 0.276 e. The molecule has 2 aromatic heterocycles. The average molecular weight is 378 g/mol. The Bertz CT molecular complexity index is 1120. The van der Waals surface area contributed by atoms with Gasteiger partial charge < -0.3 is 9.88 Å². The van der Waals surface area contributed by atoms with E-state index >= 15 is 0 Å². The Balaban J connectivity index is 1.54. The van der Waals surface area contributed by atoms with Crippen LogP contribution in [0.3, 0.4) is 0 Å². The summed E-state index contributed by atoms with van der Waals surface area (Å²) >= 11 is 0. The molecule has 0 bridgehead atoms. The van der Waals surface area contributed by atoms with Crippen LogP contribution in [0.4, 0.5) is 0 Å². The van der Waals surface area contributed by atoms with E-state index < -0.39 is 0 Å². The molecular formula is C22H26N4O2. The standard InChI is InChI=1S/C22H26N4O2/c1-13-5-8-18(14(2)9-13)16(4)24-20(27)12-26-22(28)21-15(3)11-25(17-6-7-17)19(21)10-23-26/h5,8-11,16-17H,6-7,12H2,1-4H3,(H,24,27). The van der Waals surface area contributed by atoms with E-state index in [0.717, 1.165) is 35.0 Å². The maximum atomic E-state index is 12.9. The third-order valence-electron chi connectivity index (χ3n) is 5.53. The van der Waals surface area contributed by atoms with Gasteiger partial charge in [-0.05, 0) is 57.2 Å². The van der Waals surface area contributed by atoms with Gasteiger partial charge in [0, 0.05) is 12.2 Å². The van der Waals surface area contributed by atoms with E-state index in [-0.39, 0.29) is 24.1 Å². The minimum absolute atomic E-state index is 0.0852. The molecule has 1 N–H and O–H groups in total. The zero-order valence-corrected chi connectivity index (χ0v) is 16.8. The van der Waals surface area contributed by atoms with E-state index in [9.17, 15) is 9.59 Å². The van der Waals surface area contributed by atoms with E-state index in [4.69, 9.17) is 0 Å². The topological polar surface area (TPSA) is 68.9 Å². The molecule has 2 heterocycles. The van der Waals surface area contributed by atoms with Gasteiger partial charge in [-0.1, -0.05) is 23.8 Å². The van der Waals surface area contributed by atoms with Gasteiger partial charge in [0.2, 0.25) is 5.91 Å². The number of aryl methyl sites for hydroxylation is 3. The molecule has 1 fully saturated rings. The van der Waals surface area contributed by atoms with Gasteiger partial charge in [-0.15, -0.1) is 0 Å². The lowest BCUT2D eigenvalue weighted by Crippen LogP contribution is -2.35. The first-order chi connectivity index (χ1) is 13.3. The minimum Gasteiger partial charge on any atom is -0.348 e. The van der Waals surface area contributed by atoms with Crippen molar-refractivity contribution in [2.24, 2.45) is 0 Å². The molecule has 0 radical (unpaired) electrons. The summed E-state index contributed by atoms with van der Waals surface area (Å²) in [6, 6.07) is 6.53. The molecule has 28 heavy (non-hydrogen) atoms. The number of hydrogen-bond donors (Lipinski definition) is 1. The molecule has 4 rings (SSSR count). The second kappa shape index (κ2) is 6.93. The zero-order chi connectivity index (χ0) is 20.0. The second-order valence-corrected chi connectivity index (χ2v) is 7.97. The normalized spacial score (nSPS) is 15.0. The van der Waals surface area contributed by atoms with Crippen molar-refractivity contribution >= 4 is 16.8 Å². The van der Waals surface area contributed by atoms with Crippen LogP contribution in [0.1, 0.15) is 54.1 Å². The van der Waals surface area contributed by atoms with Gasteiger partial charge in [0.1, 0.15) is 6.54 Å². The van der Waals surface area contributed by atoms with E-state index in [1.54, 1.807) is 6.20 Å². The number of rotatable bonds is 5. The van der Waals surface area contributed by atoms with Crippen molar-refractivity contribution in [3.05, 3.63) is 63.2 Å². The summed E-state index contributed by atoms with van der Waals surface area (Å²) in [4.78, 5) is 25.5. The highest BCUT2D eigenvalue weighted by Crippen LogP contribution is 2.37. The van der Waals surface area contributed by atoms with E-state index in [1.807, 2.05) is 46.0 Å². The molecule has 146 valence electrons. The minimum atomic E-state index is -0.222. The van der Waals surface area contributed by atoms with Crippen molar-refractivity contribution in [3.63, 3.8) is 0 Å². The van der Waals surface area contributed by atoms with Gasteiger partial charge in [-0.3, -0.25) is 9.59 Å². The maximum absolute atomic E-state index is 12.9. The number of aromatic nitrogens is 3. The predicted octanol–water partition coefficient (Wildman–Crippen LogP) is 3.34. The summed E-state index contributed by atoms with van der Waals surface area (Å²) in [6.45, 7) is 7.90. The number of carbonyl (C=O) groups is 1. The van der Waals surface area contributed by atoms with Crippen LogP contribution >= 0.6 is 0 Å². The van der Waals surface area contributed by atoms with Crippen LogP contribution in [-0.4, -0.2) is 20.3 Å². The van der Waals surface area contributed by atoms with Crippen LogP contribution in [0.2, 0.25) is 0 Å². The molecule has 1 saturated carbocycles. The van der Waals surface area contributed by atoms with E-state index in [0.29, 0.717) is 11.4 Å². The number of fused-ring (bicyclic) bond motifs is 1. The number of hydrogen-bond acceptors (Lipinski definition) is 3. The molecule has 0 spiro atoms. The van der Waals surface area contributed by atoms with E-state index in [2.05, 4.69) is 21.0 Å².